The maximum Gasteiger partial charge on any atom is 0.406 e. The summed E-state index contributed by atoms with van der Waals surface area (Å²) in [6.45, 7) is 3.97. The predicted molar refractivity (Wildman–Crippen MR) is 106 cm³/mol. The third kappa shape index (κ3) is 9.47. The van der Waals surface area contributed by atoms with Gasteiger partial charge in [0.05, 0.1) is 12.5 Å². The van der Waals surface area contributed by atoms with E-state index in [9.17, 15) is 22.8 Å². The van der Waals surface area contributed by atoms with Crippen molar-refractivity contribution in [1.82, 2.24) is 15.1 Å². The van der Waals surface area contributed by atoms with Gasteiger partial charge in [0.1, 0.15) is 13.1 Å². The SMILES string of the molecule is CCNC(=NCC(=O)N(C)CC(F)(F)F)N1CCC(C(=O)OCC)CC1.I. The number of guanidine groups is 1. The fraction of sp³-hybridized carbons (Fsp3) is 0.812. The number of likely N-dealkylation sites (N-methyl/N-ethyl adjacent to an activating group) is 1. The molecule has 0 atom stereocenters. The number of nitrogens with one attached hydrogen (secondary N) is 1. The molecule has 0 spiro atoms. The van der Waals surface area contributed by atoms with Gasteiger partial charge in [0.2, 0.25) is 5.91 Å². The molecule has 11 heteroatoms. The van der Waals surface area contributed by atoms with Gasteiger partial charge in [-0.3, -0.25) is 9.59 Å². The molecule has 1 aliphatic rings. The lowest BCUT2D eigenvalue weighted by molar-refractivity contribution is -0.157. The number of aliphatic imine (C=N–C) groups is 1. The van der Waals surface area contributed by atoms with Crippen LogP contribution in [0.1, 0.15) is 26.7 Å². The molecule has 0 aromatic rings. The van der Waals surface area contributed by atoms with E-state index in [4.69, 9.17) is 4.74 Å². The lowest BCUT2D eigenvalue weighted by atomic mass is 9.97. The summed E-state index contributed by atoms with van der Waals surface area (Å²) in [6.07, 6.45) is -3.23. The van der Waals surface area contributed by atoms with E-state index in [-0.39, 0.29) is 42.4 Å². The molecule has 1 N–H and O–H groups in total. The summed E-state index contributed by atoms with van der Waals surface area (Å²) in [5.41, 5.74) is 0. The summed E-state index contributed by atoms with van der Waals surface area (Å²) >= 11 is 0. The van der Waals surface area contributed by atoms with Crippen molar-refractivity contribution in [3.05, 3.63) is 0 Å². The third-order valence-electron chi connectivity index (χ3n) is 3.96. The zero-order valence-electron chi connectivity index (χ0n) is 15.8. The van der Waals surface area contributed by atoms with Crippen LogP contribution in [0.15, 0.2) is 4.99 Å². The zero-order valence-corrected chi connectivity index (χ0v) is 18.2. The van der Waals surface area contributed by atoms with Crippen molar-refractivity contribution in [2.24, 2.45) is 10.9 Å². The molecular formula is C16H28F3IN4O3. The Morgan fingerprint density at radius 2 is 1.85 bits per heavy atom. The van der Waals surface area contributed by atoms with Gasteiger partial charge in [0, 0.05) is 26.7 Å². The number of carbonyl (C=O) groups is 2. The van der Waals surface area contributed by atoms with Crippen LogP contribution in [-0.2, 0) is 14.3 Å². The van der Waals surface area contributed by atoms with Crippen LogP contribution >= 0.6 is 24.0 Å². The number of piperidine rings is 1. The molecule has 1 heterocycles. The molecule has 7 nitrogen and oxygen atoms in total. The number of carbonyl (C=O) groups excluding carboxylic acids is 2. The number of alkyl halides is 3. The highest BCUT2D eigenvalue weighted by Gasteiger charge is 2.31. The van der Waals surface area contributed by atoms with Crippen molar-refractivity contribution in [3.8, 4) is 0 Å². The molecule has 0 radical (unpaired) electrons. The van der Waals surface area contributed by atoms with Crippen molar-refractivity contribution in [2.75, 3.05) is 46.4 Å². The normalized spacial score (nSPS) is 15.8. The first-order valence-corrected chi connectivity index (χ1v) is 8.68. The zero-order chi connectivity index (χ0) is 19.7. The van der Waals surface area contributed by atoms with Crippen molar-refractivity contribution >= 4 is 41.8 Å². The van der Waals surface area contributed by atoms with Gasteiger partial charge in [-0.05, 0) is 26.7 Å². The van der Waals surface area contributed by atoms with Crippen molar-refractivity contribution in [2.45, 2.75) is 32.9 Å². The first-order chi connectivity index (χ1) is 12.2. The van der Waals surface area contributed by atoms with Gasteiger partial charge >= 0.3 is 12.1 Å². The van der Waals surface area contributed by atoms with Crippen LogP contribution in [0, 0.1) is 5.92 Å². The topological polar surface area (TPSA) is 74.2 Å². The van der Waals surface area contributed by atoms with E-state index < -0.39 is 18.6 Å². The molecule has 1 aliphatic heterocycles. The van der Waals surface area contributed by atoms with E-state index in [0.717, 1.165) is 7.05 Å². The number of likely N-dealkylation sites (tertiary alicyclic amines) is 1. The Morgan fingerprint density at radius 3 is 2.33 bits per heavy atom. The molecule has 0 aromatic carbocycles. The minimum atomic E-state index is -4.44. The highest BCUT2D eigenvalue weighted by atomic mass is 127. The third-order valence-corrected chi connectivity index (χ3v) is 3.96. The number of nitrogens with zero attached hydrogens (tertiary/aromatic N) is 3. The standard InChI is InChI=1S/C16H27F3N4O3.HI/c1-4-20-15(21-10-13(24)22(3)11-16(17,18)19)23-8-6-12(7-9-23)14(25)26-5-2;/h12H,4-11H2,1-3H3,(H,20,21);1H. The molecule has 1 fully saturated rings. The van der Waals surface area contributed by atoms with Gasteiger partial charge in [-0.2, -0.15) is 13.2 Å². The maximum atomic E-state index is 12.3. The predicted octanol–water partition coefficient (Wildman–Crippen LogP) is 1.87. The summed E-state index contributed by atoms with van der Waals surface area (Å²) in [4.78, 5) is 30.3. The van der Waals surface area contributed by atoms with Gasteiger partial charge in [0.25, 0.3) is 0 Å². The Kier molecular flexibility index (Phi) is 11.7. The summed E-state index contributed by atoms with van der Waals surface area (Å²) in [6, 6.07) is 0. The Bertz CT molecular complexity index is 510. The Labute approximate surface area is 174 Å². The van der Waals surface area contributed by atoms with Crippen LogP contribution < -0.4 is 5.32 Å². The maximum absolute atomic E-state index is 12.3. The number of rotatable bonds is 6. The van der Waals surface area contributed by atoms with Crippen LogP contribution in [0.5, 0.6) is 0 Å². The van der Waals surface area contributed by atoms with Crippen LogP contribution in [-0.4, -0.2) is 80.2 Å². The Balaban J connectivity index is 0.00000676. The lowest BCUT2D eigenvalue weighted by Crippen LogP contribution is -2.47. The van der Waals surface area contributed by atoms with Gasteiger partial charge in [-0.1, -0.05) is 0 Å². The molecule has 1 amide bonds. The fourth-order valence-electron chi connectivity index (χ4n) is 2.63. The number of esters is 1. The summed E-state index contributed by atoms with van der Waals surface area (Å²) in [7, 11) is 1.10. The van der Waals surface area contributed by atoms with Crippen LogP contribution in [0.25, 0.3) is 0 Å². The minimum absolute atomic E-state index is 0. The second-order valence-corrected chi connectivity index (χ2v) is 6.05. The van der Waals surface area contributed by atoms with E-state index in [1.165, 1.54) is 0 Å². The summed E-state index contributed by atoms with van der Waals surface area (Å²) in [5.74, 6) is -0.616. The molecule has 0 unspecified atom stereocenters. The molecule has 27 heavy (non-hydrogen) atoms. The first-order valence-electron chi connectivity index (χ1n) is 8.68. The van der Waals surface area contributed by atoms with E-state index in [1.807, 2.05) is 11.8 Å². The van der Waals surface area contributed by atoms with Gasteiger partial charge < -0.3 is 19.9 Å². The van der Waals surface area contributed by atoms with E-state index >= 15 is 0 Å². The lowest BCUT2D eigenvalue weighted by Gasteiger charge is -2.33. The molecule has 1 saturated heterocycles. The monoisotopic (exact) mass is 508 g/mol. The van der Waals surface area contributed by atoms with E-state index in [0.29, 0.717) is 49.9 Å². The highest BCUT2D eigenvalue weighted by Crippen LogP contribution is 2.19. The largest absolute Gasteiger partial charge is 0.466 e. The Hall–Kier alpha value is -1.27. The van der Waals surface area contributed by atoms with Crippen LogP contribution in [0.4, 0.5) is 13.2 Å². The second kappa shape index (κ2) is 12.2. The van der Waals surface area contributed by atoms with Crippen molar-refractivity contribution < 1.29 is 27.5 Å². The summed E-state index contributed by atoms with van der Waals surface area (Å²) < 4.78 is 42.1. The van der Waals surface area contributed by atoms with E-state index in [2.05, 4.69) is 10.3 Å². The van der Waals surface area contributed by atoms with Gasteiger partial charge in [-0.25, -0.2) is 4.99 Å². The van der Waals surface area contributed by atoms with E-state index in [1.54, 1.807) is 6.92 Å². The second-order valence-electron chi connectivity index (χ2n) is 6.05. The smallest absolute Gasteiger partial charge is 0.406 e. The number of hydrogen-bond acceptors (Lipinski definition) is 4. The van der Waals surface area contributed by atoms with Crippen molar-refractivity contribution in [1.29, 1.82) is 0 Å². The first kappa shape index (κ1) is 25.7. The molecule has 0 aliphatic carbocycles. The van der Waals surface area contributed by atoms with Gasteiger partial charge in [-0.15, -0.1) is 24.0 Å². The van der Waals surface area contributed by atoms with Gasteiger partial charge in [0.15, 0.2) is 5.96 Å². The molecule has 158 valence electrons. The Morgan fingerprint density at radius 1 is 1.26 bits per heavy atom. The quantitative estimate of drug-likeness (QED) is 0.257. The van der Waals surface area contributed by atoms with Crippen molar-refractivity contribution in [3.63, 3.8) is 0 Å². The average Bonchev–Trinajstić information content (AvgIpc) is 2.57. The molecular weight excluding hydrogens is 480 g/mol. The number of amides is 1. The van der Waals surface area contributed by atoms with Crippen LogP contribution in [0.3, 0.4) is 0 Å². The number of halogens is 4. The average molecular weight is 508 g/mol. The molecule has 0 saturated carbocycles. The minimum Gasteiger partial charge on any atom is -0.466 e. The molecule has 0 aromatic heterocycles. The molecule has 0 bridgehead atoms. The van der Waals surface area contributed by atoms with Crippen LogP contribution in [0.2, 0.25) is 0 Å². The number of hydrogen-bond donors (Lipinski definition) is 1. The number of ether oxygens (including phenoxy) is 1. The highest BCUT2D eigenvalue weighted by molar-refractivity contribution is 14.0. The fourth-order valence-corrected chi connectivity index (χ4v) is 2.63. The summed E-state index contributed by atoms with van der Waals surface area (Å²) in [5, 5.41) is 3.03. The molecule has 1 rings (SSSR count).